The molecule has 0 bridgehead atoms. The summed E-state index contributed by atoms with van der Waals surface area (Å²) in [7, 11) is -17.7. The molecule has 2 N–H and O–H groups in total. The molecule has 27 heteroatoms. The maximum atomic E-state index is 12.7. The number of hydrogen-bond acceptors (Lipinski definition) is 18. The number of nitrogens with one attached hydrogen (secondary N) is 2. The fourth-order valence-electron chi connectivity index (χ4n) is 3.17. The topological polar surface area (TPSA) is 298 Å². The van der Waals surface area contributed by atoms with Crippen molar-refractivity contribution in [2.75, 3.05) is 34.3 Å². The first kappa shape index (κ1) is 44.9. The number of thioether (sulfide) groups is 1. The summed E-state index contributed by atoms with van der Waals surface area (Å²) < 4.78 is 134. The van der Waals surface area contributed by atoms with E-state index < -0.39 is 67.4 Å². The van der Waals surface area contributed by atoms with Gasteiger partial charge in [0.25, 0.3) is 0 Å². The van der Waals surface area contributed by atoms with Crippen LogP contribution in [0, 0.1) is 6.92 Å². The van der Waals surface area contributed by atoms with Gasteiger partial charge in [-0.1, -0.05) is 16.9 Å². The maximum absolute atomic E-state index is 12.7. The standard InChI is InChI=1S/C18H23N7O12S5.3Na/c1-11-17(21-20-15-10-16(37-23-15)38-4-6-40(28,29)30)18(19-2)25(22-11)3-5-39(26,27)24-12-7-13(41(31,32)33)9-14(8-12)42(34,35)36;;;/h7-10,19,24H,3-6H2,1-2H3,(H,28,29,30)(H,31,32,33)(H,34,35,36);;;/q;3*+1/p-3. The second kappa shape index (κ2) is 18.0. The number of benzene rings is 1. The minimum atomic E-state index is -5.24. The monoisotopic (exact) mass is 755 g/mol. The Morgan fingerprint density at radius 2 is 1.47 bits per heavy atom. The fraction of sp³-hybridized carbons (Fsp3) is 0.333. The Balaban J connectivity index is 0.00000645. The van der Waals surface area contributed by atoms with Crippen LogP contribution in [0.15, 0.2) is 53.9 Å². The molecular weight excluding hydrogens is 736 g/mol. The van der Waals surface area contributed by atoms with E-state index in [0.717, 1.165) is 11.8 Å². The minimum Gasteiger partial charge on any atom is -0.748 e. The van der Waals surface area contributed by atoms with Crippen LogP contribution in [0.3, 0.4) is 0 Å². The molecule has 3 aromatic rings. The van der Waals surface area contributed by atoms with Crippen molar-refractivity contribution in [1.82, 2.24) is 14.9 Å². The molecule has 0 aliphatic heterocycles. The number of anilines is 2. The smallest absolute Gasteiger partial charge is 0.748 e. The van der Waals surface area contributed by atoms with Crippen molar-refractivity contribution in [2.24, 2.45) is 10.2 Å². The van der Waals surface area contributed by atoms with E-state index in [1.807, 2.05) is 4.72 Å². The average Bonchev–Trinajstić information content (AvgIpc) is 3.42. The fourth-order valence-corrected chi connectivity index (χ4v) is 6.95. The van der Waals surface area contributed by atoms with Gasteiger partial charge in [-0.05, 0) is 25.1 Å². The predicted molar refractivity (Wildman–Crippen MR) is 142 cm³/mol. The van der Waals surface area contributed by atoms with Crippen molar-refractivity contribution in [1.29, 1.82) is 0 Å². The summed E-state index contributed by atoms with van der Waals surface area (Å²) in [4.78, 5) is -2.25. The zero-order valence-electron chi connectivity index (χ0n) is 24.3. The van der Waals surface area contributed by atoms with Crippen molar-refractivity contribution in [2.45, 2.75) is 28.4 Å². The third-order valence-electron chi connectivity index (χ3n) is 4.94. The van der Waals surface area contributed by atoms with Gasteiger partial charge in [-0.3, -0.25) is 4.72 Å². The number of nitrogens with zero attached hydrogens (tertiary/aromatic N) is 5. The Morgan fingerprint density at radius 3 is 1.98 bits per heavy atom. The number of hydrogen-bond donors (Lipinski definition) is 2. The van der Waals surface area contributed by atoms with Crippen LogP contribution in [0.1, 0.15) is 5.69 Å². The summed E-state index contributed by atoms with van der Waals surface area (Å²) in [5.74, 6) is -1.12. The molecule has 0 aliphatic carbocycles. The van der Waals surface area contributed by atoms with Gasteiger partial charge in [0.05, 0.1) is 43.6 Å². The molecule has 0 spiro atoms. The zero-order chi connectivity index (χ0) is 31.5. The van der Waals surface area contributed by atoms with Gasteiger partial charge in [-0.25, -0.2) is 38.4 Å². The molecule has 232 valence electrons. The van der Waals surface area contributed by atoms with Crippen LogP contribution < -0.4 is 98.7 Å². The van der Waals surface area contributed by atoms with Crippen LogP contribution >= 0.6 is 11.8 Å². The number of rotatable bonds is 14. The molecule has 2 aromatic heterocycles. The Kier molecular flexibility index (Phi) is 18.0. The molecule has 45 heavy (non-hydrogen) atoms. The van der Waals surface area contributed by atoms with Crippen LogP contribution in [0.5, 0.6) is 0 Å². The molecule has 1 aromatic carbocycles. The van der Waals surface area contributed by atoms with Crippen molar-refractivity contribution >= 4 is 75.2 Å². The first-order valence-corrected chi connectivity index (χ1v) is 18.1. The van der Waals surface area contributed by atoms with Crippen molar-refractivity contribution in [3.63, 3.8) is 0 Å². The van der Waals surface area contributed by atoms with Crippen LogP contribution in [-0.2, 0) is 46.9 Å². The molecule has 0 amide bonds. The minimum absolute atomic E-state index is 0. The summed E-state index contributed by atoms with van der Waals surface area (Å²) in [6, 6.07) is 2.82. The van der Waals surface area contributed by atoms with E-state index in [4.69, 9.17) is 4.52 Å². The van der Waals surface area contributed by atoms with E-state index >= 15 is 0 Å². The second-order valence-electron chi connectivity index (χ2n) is 8.09. The molecule has 0 radical (unpaired) electrons. The van der Waals surface area contributed by atoms with Gasteiger partial charge in [-0.2, -0.15) is 5.10 Å². The first-order valence-electron chi connectivity index (χ1n) is 11.0. The Labute approximate surface area is 329 Å². The first-order chi connectivity index (χ1) is 19.3. The van der Waals surface area contributed by atoms with Gasteiger partial charge < -0.3 is 23.5 Å². The van der Waals surface area contributed by atoms with Gasteiger partial charge in [-0.15, -0.1) is 10.2 Å². The zero-order valence-corrected chi connectivity index (χ0v) is 34.4. The summed E-state index contributed by atoms with van der Waals surface area (Å²) in [5.41, 5.74) is -0.136. The third kappa shape index (κ3) is 14.1. The maximum Gasteiger partial charge on any atom is 1.00 e. The molecule has 0 fully saturated rings. The number of aryl methyl sites for hydroxylation is 2. The summed E-state index contributed by atoms with van der Waals surface area (Å²) in [5, 5.41) is 18.8. The largest absolute Gasteiger partial charge is 1.00 e. The normalized spacial score (nSPS) is 12.2. The van der Waals surface area contributed by atoms with Gasteiger partial charge in [0.15, 0.2) is 16.6 Å². The molecular formula is C18H20N7Na3O12S5. The van der Waals surface area contributed by atoms with E-state index in [1.165, 1.54) is 17.8 Å². The predicted octanol–water partition coefficient (Wildman–Crippen LogP) is -8.46. The van der Waals surface area contributed by atoms with Gasteiger partial charge in [0.2, 0.25) is 15.8 Å². The van der Waals surface area contributed by atoms with Crippen molar-refractivity contribution < 1.29 is 141 Å². The van der Waals surface area contributed by atoms with Gasteiger partial charge >= 0.3 is 88.7 Å². The van der Waals surface area contributed by atoms with Crippen LogP contribution in [-0.4, -0.2) is 86.6 Å². The van der Waals surface area contributed by atoms with Crippen LogP contribution in [0.2, 0.25) is 0 Å². The Hall–Kier alpha value is -0.130. The van der Waals surface area contributed by atoms with Gasteiger partial charge in [0, 0.05) is 24.6 Å². The number of azo groups is 1. The van der Waals surface area contributed by atoms with E-state index in [9.17, 15) is 47.3 Å². The van der Waals surface area contributed by atoms with E-state index in [1.54, 1.807) is 6.92 Å². The third-order valence-corrected chi connectivity index (χ3v) is 9.68. The SMILES string of the molecule is CNc1c(N=Nc2cc(SCCS(=O)(=O)[O-])on2)c(C)nn1CCS(=O)(=O)Nc1cc(S(=O)(=O)[O-])cc(S(=O)(=O)[O-])c1.[Na+].[Na+].[Na+]. The van der Waals surface area contributed by atoms with Crippen LogP contribution in [0.4, 0.5) is 23.0 Å². The molecule has 2 heterocycles. The Bertz CT molecular complexity index is 1900. The molecule has 0 saturated heterocycles. The van der Waals surface area contributed by atoms with E-state index in [-0.39, 0.29) is 123 Å². The van der Waals surface area contributed by atoms with Crippen molar-refractivity contribution in [3.8, 4) is 0 Å². The molecule has 0 aliphatic rings. The number of sulfonamides is 1. The van der Waals surface area contributed by atoms with Crippen molar-refractivity contribution in [3.05, 3.63) is 30.0 Å². The van der Waals surface area contributed by atoms with Gasteiger partial charge in [0.1, 0.15) is 20.2 Å². The molecule has 19 nitrogen and oxygen atoms in total. The molecule has 3 rings (SSSR count). The average molecular weight is 756 g/mol. The van der Waals surface area contributed by atoms with E-state index in [0.29, 0.717) is 23.9 Å². The second-order valence-corrected chi connectivity index (χ2v) is 15.3. The summed E-state index contributed by atoms with van der Waals surface area (Å²) in [6.07, 6.45) is 0. The summed E-state index contributed by atoms with van der Waals surface area (Å²) in [6.45, 7) is 1.24. The molecule has 0 saturated carbocycles. The Morgan fingerprint density at radius 1 is 0.889 bits per heavy atom. The van der Waals surface area contributed by atoms with E-state index in [2.05, 4.69) is 25.8 Å². The quantitative estimate of drug-likeness (QED) is 0.0668. The molecule has 0 unspecified atom stereocenters. The number of aromatic nitrogens is 3. The summed E-state index contributed by atoms with van der Waals surface area (Å²) >= 11 is 0.926. The molecule has 0 atom stereocenters. The van der Waals surface area contributed by atoms with Crippen LogP contribution in [0.25, 0.3) is 0 Å².